The molecule has 0 aliphatic heterocycles. The van der Waals surface area contributed by atoms with E-state index in [2.05, 4.69) is 6.92 Å². The minimum atomic E-state index is -1.31. The van der Waals surface area contributed by atoms with Gasteiger partial charge in [0.15, 0.2) is 0 Å². The van der Waals surface area contributed by atoms with E-state index in [0.29, 0.717) is 6.42 Å². The van der Waals surface area contributed by atoms with Crippen molar-refractivity contribution in [3.63, 3.8) is 0 Å². The summed E-state index contributed by atoms with van der Waals surface area (Å²) in [6.45, 7) is 2.19. The Morgan fingerprint density at radius 2 is 1.32 bits per heavy atom. The maximum Gasteiger partial charge on any atom is 0.0449 e. The lowest BCUT2D eigenvalue weighted by atomic mass is 9.97. The van der Waals surface area contributed by atoms with Gasteiger partial charge in [0.25, 0.3) is 0 Å². The predicted octanol–water partition coefficient (Wildman–Crippen LogP) is 1.41. The molecular weight excluding hydrogens is 244 g/mol. The van der Waals surface area contributed by atoms with Crippen LogP contribution in [0.3, 0.4) is 0 Å². The summed E-state index contributed by atoms with van der Waals surface area (Å²) in [5.41, 5.74) is 0. The molecule has 0 rings (SSSR count). The van der Waals surface area contributed by atoms with Crippen molar-refractivity contribution in [2.75, 3.05) is 0 Å². The van der Waals surface area contributed by atoms with Crippen molar-refractivity contribution in [1.29, 1.82) is 0 Å². The highest BCUT2D eigenvalue weighted by molar-refractivity contribution is 5.75. The number of hydrogen-bond donors (Lipinski definition) is 0. The Bertz CT molecular complexity index is 251. The molecular formula is C15H26O4-2. The highest BCUT2D eigenvalue weighted by atomic mass is 16.4. The van der Waals surface area contributed by atoms with E-state index in [1.165, 1.54) is 38.5 Å². The third kappa shape index (κ3) is 11.7. The average molecular weight is 270 g/mol. The topological polar surface area (TPSA) is 80.3 Å². The molecule has 112 valence electrons. The van der Waals surface area contributed by atoms with Crippen LogP contribution in [0, 0.1) is 5.92 Å². The van der Waals surface area contributed by atoms with Gasteiger partial charge in [-0.2, -0.15) is 0 Å². The first-order chi connectivity index (χ1) is 9.07. The number of carbonyl (C=O) groups is 2. The fraction of sp³-hybridized carbons (Fsp3) is 0.867. The number of carbonyl (C=O) groups excluding carboxylic acids is 2. The summed E-state index contributed by atoms with van der Waals surface area (Å²) in [6.07, 6.45) is 10.3. The zero-order chi connectivity index (χ0) is 14.5. The first-order valence-corrected chi connectivity index (χ1v) is 7.48. The molecule has 0 fully saturated rings. The molecule has 0 aliphatic rings. The van der Waals surface area contributed by atoms with E-state index >= 15 is 0 Å². The van der Waals surface area contributed by atoms with Crippen molar-refractivity contribution in [2.45, 2.75) is 77.6 Å². The number of carboxylic acid groups (broad SMARTS) is 2. The third-order valence-corrected chi connectivity index (χ3v) is 3.40. The van der Waals surface area contributed by atoms with Gasteiger partial charge in [-0.3, -0.25) is 0 Å². The maximum absolute atomic E-state index is 10.7. The third-order valence-electron chi connectivity index (χ3n) is 3.40. The highest BCUT2D eigenvalue weighted by Crippen LogP contribution is 2.15. The van der Waals surface area contributed by atoms with Gasteiger partial charge in [0.1, 0.15) is 0 Å². The van der Waals surface area contributed by atoms with Crippen LogP contribution in [0.15, 0.2) is 0 Å². The Morgan fingerprint density at radius 1 is 0.842 bits per heavy atom. The molecule has 0 N–H and O–H groups in total. The fourth-order valence-corrected chi connectivity index (χ4v) is 2.21. The van der Waals surface area contributed by atoms with Crippen LogP contribution in [0.2, 0.25) is 0 Å². The second-order valence-corrected chi connectivity index (χ2v) is 5.21. The molecule has 0 aliphatic carbocycles. The second-order valence-electron chi connectivity index (χ2n) is 5.21. The molecule has 0 amide bonds. The Hall–Kier alpha value is -1.06. The molecule has 1 atom stereocenters. The van der Waals surface area contributed by atoms with Gasteiger partial charge in [-0.15, -0.1) is 0 Å². The van der Waals surface area contributed by atoms with E-state index < -0.39 is 24.3 Å². The van der Waals surface area contributed by atoms with Crippen molar-refractivity contribution in [3.8, 4) is 0 Å². The summed E-state index contributed by atoms with van der Waals surface area (Å²) < 4.78 is 0. The smallest absolute Gasteiger partial charge is 0.0449 e. The lowest BCUT2D eigenvalue weighted by molar-refractivity contribution is -0.321. The van der Waals surface area contributed by atoms with Crippen molar-refractivity contribution in [3.05, 3.63) is 0 Å². The highest BCUT2D eigenvalue weighted by Gasteiger charge is 2.09. The molecule has 19 heavy (non-hydrogen) atoms. The lowest BCUT2D eigenvalue weighted by Crippen LogP contribution is -2.36. The van der Waals surface area contributed by atoms with Crippen LogP contribution in [0.1, 0.15) is 77.6 Å². The Kier molecular flexibility index (Phi) is 11.3. The van der Waals surface area contributed by atoms with Gasteiger partial charge in [-0.05, 0) is 12.8 Å². The molecule has 0 bridgehead atoms. The van der Waals surface area contributed by atoms with Gasteiger partial charge in [0.2, 0.25) is 0 Å². The minimum Gasteiger partial charge on any atom is -0.550 e. The quantitative estimate of drug-likeness (QED) is 0.474. The lowest BCUT2D eigenvalue weighted by Gasteiger charge is -2.18. The molecule has 0 heterocycles. The van der Waals surface area contributed by atoms with Crippen molar-refractivity contribution >= 4 is 11.9 Å². The summed E-state index contributed by atoms with van der Waals surface area (Å²) in [5.74, 6) is -3.48. The standard InChI is InChI=1S/C15H28O4/c1-2-3-4-5-6-7-8-9-10-11-13(15(18)19)12-14(16)17/h13H,2-12H2,1H3,(H,16,17)(H,18,19)/p-2. The molecule has 0 aromatic heterocycles. The molecule has 0 saturated carbocycles. The summed E-state index contributed by atoms with van der Waals surface area (Å²) in [6, 6.07) is 0. The normalized spacial score (nSPS) is 12.3. The summed E-state index contributed by atoms with van der Waals surface area (Å²) >= 11 is 0. The van der Waals surface area contributed by atoms with E-state index in [4.69, 9.17) is 0 Å². The summed E-state index contributed by atoms with van der Waals surface area (Å²) in [7, 11) is 0. The minimum absolute atomic E-state index is 0.381. The monoisotopic (exact) mass is 270 g/mol. The number of carboxylic acids is 2. The molecule has 0 spiro atoms. The van der Waals surface area contributed by atoms with Crippen LogP contribution in [-0.4, -0.2) is 11.9 Å². The van der Waals surface area contributed by atoms with Crippen LogP contribution >= 0.6 is 0 Å². The Labute approximate surface area is 116 Å². The number of aliphatic carboxylic acids is 2. The van der Waals surface area contributed by atoms with Gasteiger partial charge in [-0.1, -0.05) is 64.7 Å². The molecule has 0 saturated heterocycles. The summed E-state index contributed by atoms with van der Waals surface area (Å²) in [5, 5.41) is 21.1. The fourth-order valence-electron chi connectivity index (χ4n) is 2.21. The first kappa shape index (κ1) is 17.9. The van der Waals surface area contributed by atoms with Crippen LogP contribution < -0.4 is 10.2 Å². The maximum atomic E-state index is 10.7. The van der Waals surface area contributed by atoms with Crippen molar-refractivity contribution in [2.24, 2.45) is 5.92 Å². The molecule has 4 heteroatoms. The van der Waals surface area contributed by atoms with Crippen LogP contribution in [0.4, 0.5) is 0 Å². The van der Waals surface area contributed by atoms with Gasteiger partial charge in [0.05, 0.1) is 0 Å². The number of rotatable bonds is 13. The Balaban J connectivity index is 3.45. The first-order valence-electron chi connectivity index (χ1n) is 7.48. The SMILES string of the molecule is CCCCCCCCCCCC(CC(=O)[O-])C(=O)[O-]. The molecule has 1 unspecified atom stereocenters. The van der Waals surface area contributed by atoms with Crippen LogP contribution in [0.5, 0.6) is 0 Å². The van der Waals surface area contributed by atoms with E-state index in [9.17, 15) is 19.8 Å². The Morgan fingerprint density at radius 3 is 1.74 bits per heavy atom. The number of hydrogen-bond acceptors (Lipinski definition) is 4. The van der Waals surface area contributed by atoms with Gasteiger partial charge in [-0.25, -0.2) is 0 Å². The van der Waals surface area contributed by atoms with E-state index in [-0.39, 0.29) is 0 Å². The van der Waals surface area contributed by atoms with Gasteiger partial charge in [0, 0.05) is 17.9 Å². The average Bonchev–Trinajstić information content (AvgIpc) is 2.34. The van der Waals surface area contributed by atoms with Gasteiger partial charge < -0.3 is 19.8 Å². The zero-order valence-corrected chi connectivity index (χ0v) is 12.0. The number of unbranched alkanes of at least 4 members (excludes halogenated alkanes) is 8. The van der Waals surface area contributed by atoms with E-state index in [1.54, 1.807) is 0 Å². The van der Waals surface area contributed by atoms with Gasteiger partial charge >= 0.3 is 0 Å². The zero-order valence-electron chi connectivity index (χ0n) is 12.0. The molecule has 4 nitrogen and oxygen atoms in total. The van der Waals surface area contributed by atoms with E-state index in [1.807, 2.05) is 0 Å². The largest absolute Gasteiger partial charge is 0.550 e. The predicted molar refractivity (Wildman–Crippen MR) is 70.0 cm³/mol. The second kappa shape index (κ2) is 12.0. The molecule has 0 aromatic rings. The molecule has 0 aromatic carbocycles. The van der Waals surface area contributed by atoms with Crippen LogP contribution in [-0.2, 0) is 9.59 Å². The van der Waals surface area contributed by atoms with Crippen LogP contribution in [0.25, 0.3) is 0 Å². The van der Waals surface area contributed by atoms with E-state index in [0.717, 1.165) is 19.3 Å². The molecule has 0 radical (unpaired) electrons. The van der Waals surface area contributed by atoms with Crippen molar-refractivity contribution in [1.82, 2.24) is 0 Å². The van der Waals surface area contributed by atoms with Crippen molar-refractivity contribution < 1.29 is 19.8 Å². The summed E-state index contributed by atoms with van der Waals surface area (Å²) in [4.78, 5) is 21.1.